The molecule has 1 rings (SSSR count). The summed E-state index contributed by atoms with van der Waals surface area (Å²) in [4.78, 5) is 23.6. The first-order valence-electron chi connectivity index (χ1n) is 6.61. The Hall–Kier alpha value is -2.64. The summed E-state index contributed by atoms with van der Waals surface area (Å²) in [6.45, 7) is 2.08. The molecular weight excluding hydrogens is 312 g/mol. The lowest BCUT2D eigenvalue weighted by atomic mass is 10.2. The van der Waals surface area contributed by atoms with Crippen LogP contribution in [0.15, 0.2) is 30.9 Å². The van der Waals surface area contributed by atoms with Crippen LogP contribution in [0.4, 0.5) is 8.78 Å². The van der Waals surface area contributed by atoms with Crippen LogP contribution in [0.5, 0.6) is 11.5 Å². The Kier molecular flexibility index (Phi) is 6.98. The Balaban J connectivity index is 2.80. The standard InChI is InChI=1S/C15H17F2NO5/c1-4-7-18-13(19)9(2)22-14(20)10-5-6-11(23-15(16)17)12(8-10)21-3/h4-6,8-9,15H,1,7H2,2-3H3,(H,18,19)/t9-/m1/s1. The largest absolute Gasteiger partial charge is 0.493 e. The highest BCUT2D eigenvalue weighted by Crippen LogP contribution is 2.29. The van der Waals surface area contributed by atoms with Crippen LogP contribution in [0, 0.1) is 0 Å². The molecule has 6 nitrogen and oxygen atoms in total. The molecule has 0 aliphatic heterocycles. The van der Waals surface area contributed by atoms with Gasteiger partial charge in [-0.3, -0.25) is 4.79 Å². The van der Waals surface area contributed by atoms with Crippen molar-refractivity contribution >= 4 is 11.9 Å². The van der Waals surface area contributed by atoms with Crippen molar-refractivity contribution < 1.29 is 32.6 Å². The number of carbonyl (C=O) groups is 2. The quantitative estimate of drug-likeness (QED) is 0.584. The topological polar surface area (TPSA) is 73.9 Å². The van der Waals surface area contributed by atoms with Gasteiger partial charge < -0.3 is 19.5 Å². The van der Waals surface area contributed by atoms with E-state index < -0.39 is 24.6 Å². The minimum Gasteiger partial charge on any atom is -0.493 e. The van der Waals surface area contributed by atoms with E-state index in [1.165, 1.54) is 32.2 Å². The fraction of sp³-hybridized carbons (Fsp3) is 0.333. The number of ether oxygens (including phenoxy) is 3. The third-order valence-electron chi connectivity index (χ3n) is 2.69. The average Bonchev–Trinajstić information content (AvgIpc) is 2.52. The second kappa shape index (κ2) is 8.72. The molecule has 1 N–H and O–H groups in total. The zero-order valence-corrected chi connectivity index (χ0v) is 12.7. The lowest BCUT2D eigenvalue weighted by Gasteiger charge is -2.14. The van der Waals surface area contributed by atoms with E-state index in [0.717, 1.165) is 6.07 Å². The summed E-state index contributed by atoms with van der Waals surface area (Å²) >= 11 is 0. The summed E-state index contributed by atoms with van der Waals surface area (Å²) in [5.74, 6) is -1.55. The van der Waals surface area contributed by atoms with Crippen molar-refractivity contribution in [1.82, 2.24) is 5.32 Å². The van der Waals surface area contributed by atoms with Gasteiger partial charge in [0, 0.05) is 6.54 Å². The Morgan fingerprint density at radius 3 is 2.61 bits per heavy atom. The van der Waals surface area contributed by atoms with Crippen LogP contribution in [0.25, 0.3) is 0 Å². The predicted octanol–water partition coefficient (Wildman–Crippen LogP) is 2.14. The van der Waals surface area contributed by atoms with Gasteiger partial charge in [0.15, 0.2) is 17.6 Å². The molecule has 0 saturated carbocycles. The molecule has 0 aliphatic carbocycles. The van der Waals surface area contributed by atoms with E-state index in [0.29, 0.717) is 0 Å². The molecule has 0 bridgehead atoms. The van der Waals surface area contributed by atoms with Crippen LogP contribution < -0.4 is 14.8 Å². The number of hydrogen-bond donors (Lipinski definition) is 1. The van der Waals surface area contributed by atoms with Gasteiger partial charge in [-0.2, -0.15) is 8.78 Å². The number of rotatable bonds is 8. The smallest absolute Gasteiger partial charge is 0.387 e. The molecule has 0 radical (unpaired) electrons. The van der Waals surface area contributed by atoms with Crippen molar-refractivity contribution in [1.29, 1.82) is 0 Å². The van der Waals surface area contributed by atoms with E-state index in [1.54, 1.807) is 0 Å². The van der Waals surface area contributed by atoms with Crippen molar-refractivity contribution in [3.63, 3.8) is 0 Å². The third kappa shape index (κ3) is 5.57. The highest BCUT2D eigenvalue weighted by atomic mass is 19.3. The molecule has 0 aliphatic rings. The van der Waals surface area contributed by atoms with Crippen molar-refractivity contribution in [3.05, 3.63) is 36.4 Å². The minimum absolute atomic E-state index is 0.0341. The Bertz CT molecular complexity index is 577. The number of methoxy groups -OCH3 is 1. The lowest BCUT2D eigenvalue weighted by Crippen LogP contribution is -2.35. The van der Waals surface area contributed by atoms with Gasteiger partial charge in [-0.1, -0.05) is 6.08 Å². The van der Waals surface area contributed by atoms with Crippen LogP contribution in [-0.4, -0.2) is 38.2 Å². The molecule has 1 atom stereocenters. The summed E-state index contributed by atoms with van der Waals surface area (Å²) in [6.07, 6.45) is 0.462. The van der Waals surface area contributed by atoms with Crippen molar-refractivity contribution in [2.75, 3.05) is 13.7 Å². The SMILES string of the molecule is C=CCNC(=O)[C@@H](C)OC(=O)c1ccc(OC(F)F)c(OC)c1. The van der Waals surface area contributed by atoms with Crippen LogP contribution in [-0.2, 0) is 9.53 Å². The number of carbonyl (C=O) groups excluding carboxylic acids is 2. The van der Waals surface area contributed by atoms with Crippen LogP contribution >= 0.6 is 0 Å². The Morgan fingerprint density at radius 1 is 1.35 bits per heavy atom. The fourth-order valence-corrected chi connectivity index (χ4v) is 1.59. The number of esters is 1. The average molecular weight is 329 g/mol. The number of nitrogens with one attached hydrogen (secondary N) is 1. The number of benzene rings is 1. The van der Waals surface area contributed by atoms with E-state index in [2.05, 4.69) is 16.6 Å². The summed E-state index contributed by atoms with van der Waals surface area (Å²) in [6, 6.07) is 3.58. The summed E-state index contributed by atoms with van der Waals surface area (Å²) < 4.78 is 38.6. The van der Waals surface area contributed by atoms with Gasteiger partial charge in [0.05, 0.1) is 12.7 Å². The second-order valence-corrected chi connectivity index (χ2v) is 4.33. The molecular formula is C15H17F2NO5. The monoisotopic (exact) mass is 329 g/mol. The molecule has 1 amide bonds. The zero-order chi connectivity index (χ0) is 17.4. The third-order valence-corrected chi connectivity index (χ3v) is 2.69. The predicted molar refractivity (Wildman–Crippen MR) is 77.7 cm³/mol. The summed E-state index contributed by atoms with van der Waals surface area (Å²) in [7, 11) is 1.24. The number of alkyl halides is 2. The van der Waals surface area contributed by atoms with Gasteiger partial charge in [-0.25, -0.2) is 4.79 Å². The molecule has 0 heterocycles. The van der Waals surface area contributed by atoms with Gasteiger partial charge in [-0.05, 0) is 25.1 Å². The molecule has 0 aromatic heterocycles. The van der Waals surface area contributed by atoms with Gasteiger partial charge in [0.2, 0.25) is 0 Å². The molecule has 1 aromatic rings. The van der Waals surface area contributed by atoms with Crippen molar-refractivity contribution in [2.24, 2.45) is 0 Å². The van der Waals surface area contributed by atoms with E-state index >= 15 is 0 Å². The van der Waals surface area contributed by atoms with E-state index in [-0.39, 0.29) is 23.6 Å². The van der Waals surface area contributed by atoms with Crippen molar-refractivity contribution in [3.8, 4) is 11.5 Å². The molecule has 23 heavy (non-hydrogen) atoms. The van der Waals surface area contributed by atoms with Crippen molar-refractivity contribution in [2.45, 2.75) is 19.6 Å². The maximum absolute atomic E-state index is 12.2. The van der Waals surface area contributed by atoms with Gasteiger partial charge in [0.25, 0.3) is 5.91 Å². The van der Waals surface area contributed by atoms with E-state index in [4.69, 9.17) is 9.47 Å². The number of amides is 1. The molecule has 0 saturated heterocycles. The molecule has 0 fully saturated rings. The lowest BCUT2D eigenvalue weighted by molar-refractivity contribution is -0.128. The van der Waals surface area contributed by atoms with E-state index in [1.807, 2.05) is 0 Å². The highest BCUT2D eigenvalue weighted by molar-refractivity contribution is 5.92. The number of hydrogen-bond acceptors (Lipinski definition) is 5. The second-order valence-electron chi connectivity index (χ2n) is 4.33. The van der Waals surface area contributed by atoms with Gasteiger partial charge in [-0.15, -0.1) is 6.58 Å². The van der Waals surface area contributed by atoms with E-state index in [9.17, 15) is 18.4 Å². The van der Waals surface area contributed by atoms with Crippen LogP contribution in [0.1, 0.15) is 17.3 Å². The van der Waals surface area contributed by atoms with Crippen LogP contribution in [0.3, 0.4) is 0 Å². The normalized spacial score (nSPS) is 11.5. The molecule has 0 unspecified atom stereocenters. The minimum atomic E-state index is -3.02. The maximum Gasteiger partial charge on any atom is 0.387 e. The first-order chi connectivity index (χ1) is 10.9. The number of halogens is 2. The van der Waals surface area contributed by atoms with Crippen LogP contribution in [0.2, 0.25) is 0 Å². The van der Waals surface area contributed by atoms with Gasteiger partial charge >= 0.3 is 12.6 Å². The van der Waals surface area contributed by atoms with Gasteiger partial charge in [0.1, 0.15) is 0 Å². The maximum atomic E-state index is 12.2. The molecule has 1 aromatic carbocycles. The highest BCUT2D eigenvalue weighted by Gasteiger charge is 2.20. The Labute approximate surface area is 132 Å². The first kappa shape index (κ1) is 18.4. The summed E-state index contributed by atoms with van der Waals surface area (Å²) in [5.41, 5.74) is 0.0341. The molecule has 8 heteroatoms. The molecule has 126 valence electrons. The zero-order valence-electron chi connectivity index (χ0n) is 12.7. The summed E-state index contributed by atoms with van der Waals surface area (Å²) in [5, 5.41) is 2.48. The Morgan fingerprint density at radius 2 is 2.04 bits per heavy atom. The fourth-order valence-electron chi connectivity index (χ4n) is 1.59. The first-order valence-corrected chi connectivity index (χ1v) is 6.61. The molecule has 0 spiro atoms.